The van der Waals surface area contributed by atoms with Crippen LogP contribution in [0.1, 0.15) is 22.3 Å². The number of fused-ring (bicyclic) bond motifs is 1. The van der Waals surface area contributed by atoms with Gasteiger partial charge in [0.05, 0.1) is 5.69 Å². The molecule has 0 heterocycles. The Bertz CT molecular complexity index is 773. The molecule has 0 aliphatic heterocycles. The summed E-state index contributed by atoms with van der Waals surface area (Å²) in [7, 11) is 0. The molecule has 21 heavy (non-hydrogen) atoms. The number of allylic oxidation sites excluding steroid dienone is 1. The van der Waals surface area contributed by atoms with Crippen LogP contribution in [-0.4, -0.2) is 11.5 Å². The molecule has 104 valence electrons. The lowest BCUT2D eigenvalue weighted by Crippen LogP contribution is -2.19. The van der Waals surface area contributed by atoms with E-state index in [0.717, 1.165) is 22.4 Å². The first-order valence-corrected chi connectivity index (χ1v) is 6.88. The second kappa shape index (κ2) is 5.37. The summed E-state index contributed by atoms with van der Waals surface area (Å²) in [6.07, 6.45) is 3.39. The van der Waals surface area contributed by atoms with Crippen LogP contribution in [0, 0.1) is 13.8 Å². The van der Waals surface area contributed by atoms with E-state index < -0.39 is 0 Å². The average Bonchev–Trinajstić information content (AvgIpc) is 2.50. The van der Waals surface area contributed by atoms with E-state index in [2.05, 4.69) is 23.5 Å². The van der Waals surface area contributed by atoms with Gasteiger partial charge in [0.25, 0.3) is 0 Å². The average molecular weight is 276 g/mol. The van der Waals surface area contributed by atoms with Gasteiger partial charge < -0.3 is 0 Å². The van der Waals surface area contributed by atoms with Crippen LogP contribution in [0.3, 0.4) is 0 Å². The van der Waals surface area contributed by atoms with Crippen LogP contribution < -0.4 is 5.43 Å². The number of hydrogen-bond donors (Lipinski definition) is 1. The van der Waals surface area contributed by atoms with Gasteiger partial charge in [-0.1, -0.05) is 42.5 Å². The van der Waals surface area contributed by atoms with Crippen molar-refractivity contribution in [3.63, 3.8) is 0 Å². The largest absolute Gasteiger partial charge is 0.287 e. The number of hydrogen-bond acceptors (Lipinski definition) is 3. The number of carbonyl (C=O) groups is 1. The summed E-state index contributed by atoms with van der Waals surface area (Å²) >= 11 is 0. The van der Waals surface area contributed by atoms with E-state index in [1.807, 2.05) is 49.4 Å². The minimum Gasteiger partial charge on any atom is -0.287 e. The second-order valence-electron chi connectivity index (χ2n) is 5.10. The van der Waals surface area contributed by atoms with E-state index in [1.165, 1.54) is 5.56 Å². The topological polar surface area (TPSA) is 41.5 Å². The van der Waals surface area contributed by atoms with Gasteiger partial charge >= 0.3 is 0 Å². The lowest BCUT2D eigenvalue weighted by atomic mass is 9.95. The third kappa shape index (κ3) is 2.50. The number of carbonyl (C=O) groups excluding carboxylic acids is 1. The quantitative estimate of drug-likeness (QED) is 0.849. The summed E-state index contributed by atoms with van der Waals surface area (Å²) < 4.78 is 0. The van der Waals surface area contributed by atoms with Crippen LogP contribution in [0.5, 0.6) is 0 Å². The third-order valence-electron chi connectivity index (χ3n) is 3.76. The van der Waals surface area contributed by atoms with Crippen LogP contribution in [0.15, 0.2) is 53.6 Å². The number of nitrogens with one attached hydrogen (secondary N) is 1. The van der Waals surface area contributed by atoms with E-state index in [9.17, 15) is 4.79 Å². The van der Waals surface area contributed by atoms with Gasteiger partial charge in [0.1, 0.15) is 5.71 Å². The van der Waals surface area contributed by atoms with Crippen LogP contribution in [-0.2, 0) is 4.79 Å². The second-order valence-corrected chi connectivity index (χ2v) is 5.10. The molecule has 3 nitrogen and oxygen atoms in total. The van der Waals surface area contributed by atoms with E-state index in [1.54, 1.807) is 6.08 Å². The molecule has 0 atom stereocenters. The van der Waals surface area contributed by atoms with Gasteiger partial charge in [-0.2, -0.15) is 5.10 Å². The Morgan fingerprint density at radius 3 is 2.62 bits per heavy atom. The Kier molecular flexibility index (Phi) is 3.40. The van der Waals surface area contributed by atoms with Crippen molar-refractivity contribution in [2.75, 3.05) is 5.43 Å². The summed E-state index contributed by atoms with van der Waals surface area (Å²) in [4.78, 5) is 12.1. The first-order valence-electron chi connectivity index (χ1n) is 6.88. The molecule has 3 rings (SSSR count). The van der Waals surface area contributed by atoms with E-state index in [0.29, 0.717) is 5.71 Å². The normalized spacial score (nSPS) is 15.1. The van der Waals surface area contributed by atoms with Crippen molar-refractivity contribution in [3.05, 3.63) is 70.8 Å². The van der Waals surface area contributed by atoms with Crippen molar-refractivity contribution in [1.82, 2.24) is 0 Å². The number of aryl methyl sites for hydroxylation is 1. The van der Waals surface area contributed by atoms with Crippen molar-refractivity contribution in [3.8, 4) is 0 Å². The van der Waals surface area contributed by atoms with Gasteiger partial charge in [0, 0.05) is 5.56 Å². The molecule has 0 radical (unpaired) electrons. The Morgan fingerprint density at radius 2 is 1.76 bits per heavy atom. The standard InChI is InChI=1S/C18H16N2O/c1-12-6-5-9-16(13(12)2)19-20-18-15-8-4-3-7-14(15)10-11-17(18)21/h3-11,19H,1-2H3/b20-18+. The molecule has 1 N–H and O–H groups in total. The molecule has 0 saturated carbocycles. The molecule has 2 aromatic rings. The van der Waals surface area contributed by atoms with Crippen LogP contribution in [0.25, 0.3) is 6.08 Å². The fourth-order valence-corrected chi connectivity index (χ4v) is 2.34. The number of ketones is 1. The van der Waals surface area contributed by atoms with Crippen molar-refractivity contribution < 1.29 is 4.79 Å². The molecule has 0 amide bonds. The van der Waals surface area contributed by atoms with Crippen LogP contribution in [0.2, 0.25) is 0 Å². The summed E-state index contributed by atoms with van der Waals surface area (Å²) in [6, 6.07) is 13.7. The van der Waals surface area contributed by atoms with Gasteiger partial charge in [0.15, 0.2) is 0 Å². The minimum atomic E-state index is -0.0773. The molecule has 0 fully saturated rings. The Morgan fingerprint density at radius 1 is 0.952 bits per heavy atom. The monoisotopic (exact) mass is 276 g/mol. The molecule has 0 spiro atoms. The molecular formula is C18H16N2O. The maximum absolute atomic E-state index is 12.1. The first-order chi connectivity index (χ1) is 10.2. The molecule has 1 aliphatic carbocycles. The zero-order chi connectivity index (χ0) is 14.8. The summed E-state index contributed by atoms with van der Waals surface area (Å²) in [6.45, 7) is 4.09. The van der Waals surface area contributed by atoms with Gasteiger partial charge in [-0.15, -0.1) is 0 Å². The molecule has 0 unspecified atom stereocenters. The molecule has 3 heteroatoms. The Labute approximate surface area is 124 Å². The lowest BCUT2D eigenvalue weighted by Gasteiger charge is -2.13. The SMILES string of the molecule is Cc1cccc(N/N=C2/C(=O)C=Cc3ccccc32)c1C. The van der Waals surface area contributed by atoms with Gasteiger partial charge in [-0.3, -0.25) is 10.2 Å². The smallest absolute Gasteiger partial charge is 0.206 e. The van der Waals surface area contributed by atoms with Crippen molar-refractivity contribution >= 4 is 23.3 Å². The highest BCUT2D eigenvalue weighted by Gasteiger charge is 2.18. The lowest BCUT2D eigenvalue weighted by molar-refractivity contribution is -0.108. The van der Waals surface area contributed by atoms with E-state index in [4.69, 9.17) is 0 Å². The fraction of sp³-hybridized carbons (Fsp3) is 0.111. The Hall–Kier alpha value is -2.68. The summed E-state index contributed by atoms with van der Waals surface area (Å²) in [5.74, 6) is -0.0773. The zero-order valence-corrected chi connectivity index (χ0v) is 12.1. The number of anilines is 1. The van der Waals surface area contributed by atoms with Gasteiger partial charge in [-0.05, 0) is 42.7 Å². The molecule has 0 bridgehead atoms. The highest BCUT2D eigenvalue weighted by molar-refractivity contribution is 6.52. The zero-order valence-electron chi connectivity index (χ0n) is 12.1. The number of hydrazone groups is 1. The predicted molar refractivity (Wildman–Crippen MR) is 86.6 cm³/mol. The van der Waals surface area contributed by atoms with E-state index >= 15 is 0 Å². The minimum absolute atomic E-state index is 0.0773. The summed E-state index contributed by atoms with van der Waals surface area (Å²) in [5.41, 5.74) is 8.60. The van der Waals surface area contributed by atoms with Crippen molar-refractivity contribution in [2.24, 2.45) is 5.10 Å². The fourth-order valence-electron chi connectivity index (χ4n) is 2.34. The number of benzene rings is 2. The van der Waals surface area contributed by atoms with Crippen molar-refractivity contribution in [1.29, 1.82) is 0 Å². The molecule has 0 aromatic heterocycles. The highest BCUT2D eigenvalue weighted by Crippen LogP contribution is 2.20. The Balaban J connectivity index is 1.98. The van der Waals surface area contributed by atoms with Crippen LogP contribution in [0.4, 0.5) is 5.69 Å². The summed E-state index contributed by atoms with van der Waals surface area (Å²) in [5, 5.41) is 4.34. The molecule has 0 saturated heterocycles. The van der Waals surface area contributed by atoms with Gasteiger partial charge in [0.2, 0.25) is 5.78 Å². The molecule has 2 aromatic carbocycles. The highest BCUT2D eigenvalue weighted by atomic mass is 16.1. The maximum Gasteiger partial charge on any atom is 0.206 e. The molecule has 1 aliphatic rings. The third-order valence-corrected chi connectivity index (χ3v) is 3.76. The number of nitrogens with zero attached hydrogens (tertiary/aromatic N) is 1. The molecular weight excluding hydrogens is 260 g/mol. The predicted octanol–water partition coefficient (Wildman–Crippen LogP) is 3.72. The van der Waals surface area contributed by atoms with Gasteiger partial charge in [-0.25, -0.2) is 0 Å². The van der Waals surface area contributed by atoms with Crippen molar-refractivity contribution in [2.45, 2.75) is 13.8 Å². The van der Waals surface area contributed by atoms with Crippen LogP contribution >= 0.6 is 0 Å². The van der Waals surface area contributed by atoms with E-state index in [-0.39, 0.29) is 5.78 Å². The number of rotatable bonds is 2. The first kappa shape index (κ1) is 13.3. The maximum atomic E-state index is 12.1.